The summed E-state index contributed by atoms with van der Waals surface area (Å²) in [4.78, 5) is 0. The van der Waals surface area contributed by atoms with Gasteiger partial charge in [0.05, 0.1) is 11.1 Å². The zero-order chi connectivity index (χ0) is 15.4. The third-order valence-corrected chi connectivity index (χ3v) is 3.93. The molecular formula is C18H21ClFN. The average molecular weight is 306 g/mol. The van der Waals surface area contributed by atoms with E-state index in [2.05, 4.69) is 37.4 Å². The van der Waals surface area contributed by atoms with E-state index in [9.17, 15) is 4.39 Å². The summed E-state index contributed by atoms with van der Waals surface area (Å²) in [6.07, 6.45) is 0.990. The summed E-state index contributed by atoms with van der Waals surface area (Å²) in [6.45, 7) is 7.03. The Bertz CT molecular complexity index is 623. The van der Waals surface area contributed by atoms with Gasteiger partial charge >= 0.3 is 0 Å². The molecule has 1 atom stereocenters. The Morgan fingerprint density at radius 1 is 1.14 bits per heavy atom. The Balaban J connectivity index is 2.52. The van der Waals surface area contributed by atoms with Gasteiger partial charge in [0.15, 0.2) is 0 Å². The van der Waals surface area contributed by atoms with E-state index in [4.69, 9.17) is 11.6 Å². The molecule has 1 nitrogen and oxygen atoms in total. The molecule has 2 rings (SSSR count). The van der Waals surface area contributed by atoms with Crippen LogP contribution in [0.2, 0.25) is 5.02 Å². The standard InChI is InChI=1S/C18H21ClFN/c1-4-10-21-18(14-6-5-7-16(19)17(14)20)15-11-12(2)8-9-13(15)3/h5-9,11,18,21H,4,10H2,1-3H3. The fraction of sp³-hybridized carbons (Fsp3) is 0.333. The summed E-state index contributed by atoms with van der Waals surface area (Å²) in [5.74, 6) is -0.339. The summed E-state index contributed by atoms with van der Waals surface area (Å²) in [5, 5.41) is 3.61. The molecule has 3 heteroatoms. The molecule has 0 amide bonds. The molecule has 0 spiro atoms. The maximum absolute atomic E-state index is 14.4. The molecule has 1 N–H and O–H groups in total. The summed E-state index contributed by atoms with van der Waals surface area (Å²) >= 11 is 5.95. The third kappa shape index (κ3) is 3.63. The van der Waals surface area contributed by atoms with Crippen LogP contribution >= 0.6 is 11.6 Å². The lowest BCUT2D eigenvalue weighted by molar-refractivity contribution is 0.545. The highest BCUT2D eigenvalue weighted by Crippen LogP contribution is 2.30. The van der Waals surface area contributed by atoms with Crippen LogP contribution in [0.25, 0.3) is 0 Å². The van der Waals surface area contributed by atoms with Crippen molar-refractivity contribution in [2.75, 3.05) is 6.54 Å². The second kappa shape index (κ2) is 7.06. The minimum absolute atomic E-state index is 0.168. The Kier molecular flexibility index (Phi) is 5.38. The summed E-state index contributed by atoms with van der Waals surface area (Å²) < 4.78 is 14.4. The van der Waals surface area contributed by atoms with Crippen LogP contribution in [-0.2, 0) is 0 Å². The third-order valence-electron chi connectivity index (χ3n) is 3.64. The van der Waals surface area contributed by atoms with Gasteiger partial charge in [0.1, 0.15) is 5.82 Å². The molecule has 0 saturated heterocycles. The van der Waals surface area contributed by atoms with Crippen molar-refractivity contribution in [2.24, 2.45) is 0 Å². The number of halogens is 2. The first-order valence-corrected chi connectivity index (χ1v) is 7.66. The van der Waals surface area contributed by atoms with Crippen LogP contribution in [0.5, 0.6) is 0 Å². The molecule has 0 radical (unpaired) electrons. The van der Waals surface area contributed by atoms with Crippen molar-refractivity contribution in [3.8, 4) is 0 Å². The predicted molar refractivity (Wildman–Crippen MR) is 87.5 cm³/mol. The molecule has 112 valence electrons. The van der Waals surface area contributed by atoms with E-state index in [0.717, 1.165) is 24.1 Å². The van der Waals surface area contributed by atoms with Crippen LogP contribution in [0.4, 0.5) is 4.39 Å². The van der Waals surface area contributed by atoms with Crippen LogP contribution < -0.4 is 5.32 Å². The van der Waals surface area contributed by atoms with Crippen LogP contribution in [-0.4, -0.2) is 6.54 Å². The van der Waals surface area contributed by atoms with Gasteiger partial charge < -0.3 is 5.32 Å². The fourth-order valence-electron chi connectivity index (χ4n) is 2.49. The average Bonchev–Trinajstić information content (AvgIpc) is 2.47. The highest BCUT2D eigenvalue weighted by molar-refractivity contribution is 6.30. The molecule has 21 heavy (non-hydrogen) atoms. The molecule has 2 aromatic rings. The van der Waals surface area contributed by atoms with E-state index in [0.29, 0.717) is 5.56 Å². The van der Waals surface area contributed by atoms with Crippen LogP contribution in [0.1, 0.15) is 41.6 Å². The molecule has 0 aromatic heterocycles. The van der Waals surface area contributed by atoms with E-state index >= 15 is 0 Å². The van der Waals surface area contributed by atoms with Crippen molar-refractivity contribution in [1.82, 2.24) is 5.32 Å². The minimum Gasteiger partial charge on any atom is -0.306 e. The molecule has 0 saturated carbocycles. The Morgan fingerprint density at radius 3 is 2.62 bits per heavy atom. The largest absolute Gasteiger partial charge is 0.306 e. The first kappa shape index (κ1) is 16.0. The van der Waals surface area contributed by atoms with Gasteiger partial charge in [-0.3, -0.25) is 0 Å². The molecule has 2 aromatic carbocycles. The van der Waals surface area contributed by atoms with Gasteiger partial charge in [0.2, 0.25) is 0 Å². The lowest BCUT2D eigenvalue weighted by Gasteiger charge is -2.23. The molecule has 0 aliphatic heterocycles. The predicted octanol–water partition coefficient (Wildman–Crippen LogP) is 5.18. The summed E-state index contributed by atoms with van der Waals surface area (Å²) in [6, 6.07) is 11.3. The Morgan fingerprint density at radius 2 is 1.90 bits per heavy atom. The van der Waals surface area contributed by atoms with Gasteiger partial charge in [-0.25, -0.2) is 4.39 Å². The number of hydrogen-bond acceptors (Lipinski definition) is 1. The van der Waals surface area contributed by atoms with Crippen molar-refractivity contribution < 1.29 is 4.39 Å². The fourth-order valence-corrected chi connectivity index (χ4v) is 2.67. The Labute approximate surface area is 131 Å². The SMILES string of the molecule is CCCNC(c1cc(C)ccc1C)c1cccc(Cl)c1F. The van der Waals surface area contributed by atoms with E-state index in [-0.39, 0.29) is 16.9 Å². The number of hydrogen-bond donors (Lipinski definition) is 1. The van der Waals surface area contributed by atoms with Gasteiger partial charge in [-0.1, -0.05) is 54.4 Å². The minimum atomic E-state index is -0.339. The topological polar surface area (TPSA) is 12.0 Å². The normalized spacial score (nSPS) is 12.4. The molecule has 0 aliphatic carbocycles. The van der Waals surface area contributed by atoms with Crippen LogP contribution in [0.3, 0.4) is 0 Å². The van der Waals surface area contributed by atoms with E-state index in [1.807, 2.05) is 6.92 Å². The maximum Gasteiger partial charge on any atom is 0.146 e. The molecule has 0 aliphatic rings. The lowest BCUT2D eigenvalue weighted by atomic mass is 9.93. The number of nitrogens with one attached hydrogen (secondary N) is 1. The quantitative estimate of drug-likeness (QED) is 0.802. The highest BCUT2D eigenvalue weighted by Gasteiger charge is 2.20. The second-order valence-electron chi connectivity index (χ2n) is 5.39. The molecule has 1 unspecified atom stereocenters. The van der Waals surface area contributed by atoms with Gasteiger partial charge in [0.25, 0.3) is 0 Å². The first-order chi connectivity index (χ1) is 10.0. The van der Waals surface area contributed by atoms with E-state index in [1.165, 1.54) is 5.56 Å². The van der Waals surface area contributed by atoms with Crippen molar-refractivity contribution in [3.05, 3.63) is 69.5 Å². The number of rotatable bonds is 5. The van der Waals surface area contributed by atoms with Crippen LogP contribution in [0.15, 0.2) is 36.4 Å². The zero-order valence-corrected chi connectivity index (χ0v) is 13.5. The van der Waals surface area contributed by atoms with Crippen LogP contribution in [0, 0.1) is 19.7 Å². The number of aryl methyl sites for hydroxylation is 2. The lowest BCUT2D eigenvalue weighted by Crippen LogP contribution is -2.25. The van der Waals surface area contributed by atoms with E-state index < -0.39 is 0 Å². The number of benzene rings is 2. The van der Waals surface area contributed by atoms with E-state index in [1.54, 1.807) is 18.2 Å². The van der Waals surface area contributed by atoms with Gasteiger partial charge in [-0.05, 0) is 44.0 Å². The second-order valence-corrected chi connectivity index (χ2v) is 5.80. The zero-order valence-electron chi connectivity index (χ0n) is 12.7. The van der Waals surface area contributed by atoms with Gasteiger partial charge in [-0.15, -0.1) is 0 Å². The maximum atomic E-state index is 14.4. The van der Waals surface area contributed by atoms with Gasteiger partial charge in [-0.2, -0.15) is 0 Å². The monoisotopic (exact) mass is 305 g/mol. The van der Waals surface area contributed by atoms with Crippen molar-refractivity contribution in [1.29, 1.82) is 0 Å². The van der Waals surface area contributed by atoms with Gasteiger partial charge in [0, 0.05) is 5.56 Å². The molecule has 0 bridgehead atoms. The Hall–Kier alpha value is -1.38. The summed E-state index contributed by atoms with van der Waals surface area (Å²) in [7, 11) is 0. The van der Waals surface area contributed by atoms with Crippen molar-refractivity contribution in [2.45, 2.75) is 33.2 Å². The molecular weight excluding hydrogens is 285 g/mol. The summed E-state index contributed by atoms with van der Waals surface area (Å²) in [5.41, 5.74) is 4.02. The highest BCUT2D eigenvalue weighted by atomic mass is 35.5. The first-order valence-electron chi connectivity index (χ1n) is 7.29. The molecule has 0 heterocycles. The smallest absolute Gasteiger partial charge is 0.146 e. The molecule has 0 fully saturated rings. The van der Waals surface area contributed by atoms with Crippen molar-refractivity contribution in [3.63, 3.8) is 0 Å². The van der Waals surface area contributed by atoms with Crippen molar-refractivity contribution >= 4 is 11.6 Å².